The first-order valence-electron chi connectivity index (χ1n) is 11.1. The summed E-state index contributed by atoms with van der Waals surface area (Å²) in [5, 5.41) is 9.29. The number of halogens is 1. The van der Waals surface area contributed by atoms with Gasteiger partial charge in [0.25, 0.3) is 0 Å². The number of morpholine rings is 1. The highest BCUT2D eigenvalue weighted by molar-refractivity contribution is 5.90. The van der Waals surface area contributed by atoms with Crippen molar-refractivity contribution in [2.45, 2.75) is 13.0 Å². The average Bonchev–Trinajstić information content (AvgIpc) is 3.09. The van der Waals surface area contributed by atoms with E-state index >= 15 is 0 Å². The summed E-state index contributed by atoms with van der Waals surface area (Å²) >= 11 is 0. The Labute approximate surface area is 186 Å². The minimum atomic E-state index is -0.530. The smallest absolute Gasteiger partial charge is 0.414 e. The van der Waals surface area contributed by atoms with Crippen molar-refractivity contribution in [3.05, 3.63) is 24.0 Å². The van der Waals surface area contributed by atoms with E-state index in [4.69, 9.17) is 9.47 Å². The monoisotopic (exact) mass is 445 g/mol. The molecule has 1 aromatic rings. The summed E-state index contributed by atoms with van der Waals surface area (Å²) in [5.41, 5.74) is 1.02. The van der Waals surface area contributed by atoms with Crippen molar-refractivity contribution >= 4 is 29.6 Å². The first-order valence-corrected chi connectivity index (χ1v) is 11.1. The van der Waals surface area contributed by atoms with Crippen LogP contribution >= 0.6 is 0 Å². The van der Waals surface area contributed by atoms with Gasteiger partial charge in [-0.25, -0.2) is 9.18 Å². The molecule has 9 nitrogen and oxygen atoms in total. The predicted molar refractivity (Wildman–Crippen MR) is 116 cm³/mol. The molecule has 4 atom stereocenters. The molecule has 5 rings (SSSR count). The maximum Gasteiger partial charge on any atom is 0.414 e. The Morgan fingerprint density at radius 3 is 2.69 bits per heavy atom. The van der Waals surface area contributed by atoms with Crippen LogP contribution in [0.2, 0.25) is 0 Å². The summed E-state index contributed by atoms with van der Waals surface area (Å²) in [6, 6.07) is 4.88. The third-order valence-electron chi connectivity index (χ3n) is 6.69. The third-order valence-corrected chi connectivity index (χ3v) is 6.69. The van der Waals surface area contributed by atoms with Crippen LogP contribution in [0.1, 0.15) is 6.92 Å². The van der Waals surface area contributed by atoms with Crippen molar-refractivity contribution in [3.8, 4) is 0 Å². The lowest BCUT2D eigenvalue weighted by Gasteiger charge is -2.24. The third kappa shape index (κ3) is 4.23. The number of hydrazone groups is 1. The van der Waals surface area contributed by atoms with Gasteiger partial charge in [-0.3, -0.25) is 14.7 Å². The van der Waals surface area contributed by atoms with Gasteiger partial charge in [0.15, 0.2) is 0 Å². The minimum absolute atomic E-state index is 0.187. The van der Waals surface area contributed by atoms with Crippen molar-refractivity contribution in [1.29, 1.82) is 0 Å². The van der Waals surface area contributed by atoms with E-state index in [0.717, 1.165) is 39.4 Å². The molecule has 172 valence electrons. The maximum atomic E-state index is 14.9. The molecule has 1 N–H and O–H groups in total. The number of fused-ring (bicyclic) bond motifs is 1. The lowest BCUT2D eigenvalue weighted by molar-refractivity contribution is -0.119. The summed E-state index contributed by atoms with van der Waals surface area (Å²) < 4.78 is 25.5. The Morgan fingerprint density at radius 1 is 1.25 bits per heavy atom. The van der Waals surface area contributed by atoms with Crippen LogP contribution < -0.4 is 15.1 Å². The quantitative estimate of drug-likeness (QED) is 0.664. The largest absolute Gasteiger partial charge is 0.442 e. The van der Waals surface area contributed by atoms with E-state index in [1.807, 2.05) is 0 Å². The van der Waals surface area contributed by atoms with Crippen LogP contribution in [0.15, 0.2) is 23.3 Å². The topological polar surface area (TPSA) is 86.7 Å². The van der Waals surface area contributed by atoms with E-state index < -0.39 is 12.2 Å². The molecular weight excluding hydrogens is 417 g/mol. The Morgan fingerprint density at radius 2 is 2.00 bits per heavy atom. The van der Waals surface area contributed by atoms with Gasteiger partial charge in [0.05, 0.1) is 50.8 Å². The molecule has 0 aromatic heterocycles. The van der Waals surface area contributed by atoms with Gasteiger partial charge in [0, 0.05) is 32.1 Å². The Hall–Kier alpha value is -2.88. The van der Waals surface area contributed by atoms with Gasteiger partial charge in [-0.05, 0) is 30.0 Å². The minimum Gasteiger partial charge on any atom is -0.442 e. The standard InChI is InChI=1S/C22H28FN5O4/c1-14(29)24-9-16-11-28(22(30)32-16)15-2-3-21(20(23)8-15)26-12-18-17(19(18)13-26)10-25-27-4-6-31-7-5-27/h2-3,8,10,16-19H,4-7,9,11-13H2,1H3,(H,24,29)/t16-,17?,18-,19+/m0/s1. The Balaban J connectivity index is 1.16. The van der Waals surface area contributed by atoms with Crippen LogP contribution in [0.5, 0.6) is 0 Å². The zero-order valence-corrected chi connectivity index (χ0v) is 18.1. The number of carbonyl (C=O) groups is 2. The molecule has 2 amide bonds. The van der Waals surface area contributed by atoms with Gasteiger partial charge >= 0.3 is 6.09 Å². The van der Waals surface area contributed by atoms with Gasteiger partial charge in [-0.15, -0.1) is 0 Å². The van der Waals surface area contributed by atoms with Crippen molar-refractivity contribution in [2.75, 3.05) is 62.3 Å². The van der Waals surface area contributed by atoms with Crippen LogP contribution in [0.25, 0.3) is 0 Å². The number of amides is 2. The van der Waals surface area contributed by atoms with Crippen molar-refractivity contribution < 1.29 is 23.5 Å². The molecule has 0 radical (unpaired) electrons. The molecule has 1 aliphatic carbocycles. The molecule has 1 unspecified atom stereocenters. The van der Waals surface area contributed by atoms with Gasteiger partial charge < -0.3 is 19.7 Å². The zero-order valence-electron chi connectivity index (χ0n) is 18.1. The predicted octanol–water partition coefficient (Wildman–Crippen LogP) is 1.29. The number of anilines is 2. The van der Waals surface area contributed by atoms with E-state index in [-0.39, 0.29) is 24.8 Å². The highest BCUT2D eigenvalue weighted by atomic mass is 19.1. The van der Waals surface area contributed by atoms with Gasteiger partial charge in [0.2, 0.25) is 5.91 Å². The summed E-state index contributed by atoms with van der Waals surface area (Å²) in [7, 11) is 0. The number of carbonyl (C=O) groups excluding carboxylic acids is 2. The number of nitrogens with one attached hydrogen (secondary N) is 1. The van der Waals surface area contributed by atoms with Crippen molar-refractivity contribution in [1.82, 2.24) is 10.3 Å². The van der Waals surface area contributed by atoms with Crippen molar-refractivity contribution in [3.63, 3.8) is 0 Å². The second kappa shape index (κ2) is 8.57. The number of cyclic esters (lactones) is 1. The molecule has 0 bridgehead atoms. The number of piperidine rings is 1. The number of ether oxygens (including phenoxy) is 2. The number of nitrogens with zero attached hydrogens (tertiary/aromatic N) is 4. The first kappa shape index (κ1) is 21.0. The molecule has 10 heteroatoms. The summed E-state index contributed by atoms with van der Waals surface area (Å²) in [4.78, 5) is 26.7. The van der Waals surface area contributed by atoms with E-state index in [1.54, 1.807) is 12.1 Å². The Bertz CT molecular complexity index is 910. The Kier molecular flexibility index (Phi) is 5.62. The molecule has 1 saturated carbocycles. The van der Waals surface area contributed by atoms with E-state index in [2.05, 4.69) is 26.5 Å². The number of rotatable bonds is 6. The van der Waals surface area contributed by atoms with E-state index in [9.17, 15) is 14.0 Å². The van der Waals surface area contributed by atoms with Crippen LogP contribution in [0.4, 0.5) is 20.6 Å². The van der Waals surface area contributed by atoms with Crippen LogP contribution in [-0.2, 0) is 14.3 Å². The molecule has 4 fully saturated rings. The van der Waals surface area contributed by atoms with E-state index in [1.165, 1.54) is 17.9 Å². The second-order valence-corrected chi connectivity index (χ2v) is 8.83. The summed E-state index contributed by atoms with van der Waals surface area (Å²) in [5.74, 6) is 0.967. The molecule has 0 spiro atoms. The van der Waals surface area contributed by atoms with Gasteiger partial charge in [-0.2, -0.15) is 5.10 Å². The van der Waals surface area contributed by atoms with E-state index in [0.29, 0.717) is 29.1 Å². The lowest BCUT2D eigenvalue weighted by Crippen LogP contribution is -2.33. The normalized spacial score (nSPS) is 29.4. The molecule has 32 heavy (non-hydrogen) atoms. The SMILES string of the molecule is CC(=O)NC[C@H]1CN(c2ccc(N3C[C@@H]4C(C=NN5CCOCC5)[C@@H]4C3)c(F)c2)C(=O)O1. The maximum absolute atomic E-state index is 14.9. The summed E-state index contributed by atoms with van der Waals surface area (Å²) in [6.45, 7) is 6.66. The van der Waals surface area contributed by atoms with Gasteiger partial charge in [0.1, 0.15) is 11.9 Å². The van der Waals surface area contributed by atoms with Crippen LogP contribution in [0, 0.1) is 23.6 Å². The van der Waals surface area contributed by atoms with Crippen LogP contribution in [-0.4, -0.2) is 81.8 Å². The molecule has 3 heterocycles. The summed E-state index contributed by atoms with van der Waals surface area (Å²) in [6.07, 6.45) is 1.08. The first-order chi connectivity index (χ1) is 15.5. The average molecular weight is 445 g/mol. The lowest BCUT2D eigenvalue weighted by atomic mass is 10.2. The zero-order chi connectivity index (χ0) is 22.2. The second-order valence-electron chi connectivity index (χ2n) is 8.83. The molecule has 3 aliphatic heterocycles. The molecule has 3 saturated heterocycles. The molecule has 1 aromatic carbocycles. The molecular formula is C22H28FN5O4. The fourth-order valence-corrected chi connectivity index (χ4v) is 4.85. The highest BCUT2D eigenvalue weighted by Crippen LogP contribution is 2.52. The number of hydrogen-bond donors (Lipinski definition) is 1. The van der Waals surface area contributed by atoms with Crippen molar-refractivity contribution in [2.24, 2.45) is 22.9 Å². The van der Waals surface area contributed by atoms with Crippen LogP contribution in [0.3, 0.4) is 0 Å². The fourth-order valence-electron chi connectivity index (χ4n) is 4.85. The fraction of sp³-hybridized carbons (Fsp3) is 0.591. The van der Waals surface area contributed by atoms with Gasteiger partial charge in [-0.1, -0.05) is 0 Å². The highest BCUT2D eigenvalue weighted by Gasteiger charge is 2.55. The molecule has 4 aliphatic rings. The number of benzene rings is 1. The number of hydrogen-bond acceptors (Lipinski definition) is 7.